The Labute approximate surface area is 204 Å². The minimum absolute atomic E-state index is 0.412. The van der Waals surface area contributed by atoms with Gasteiger partial charge in [-0.15, -0.1) is 0 Å². The van der Waals surface area contributed by atoms with Crippen LogP contribution >= 0.6 is 12.2 Å². The van der Waals surface area contributed by atoms with Gasteiger partial charge in [0.05, 0.1) is 6.33 Å². The molecule has 167 valence electrons. The van der Waals surface area contributed by atoms with Crippen LogP contribution in [0.25, 0.3) is 11.2 Å². The van der Waals surface area contributed by atoms with E-state index in [1.807, 2.05) is 0 Å². The third-order valence-electron chi connectivity index (χ3n) is 5.47. The van der Waals surface area contributed by atoms with E-state index >= 15 is 0 Å². The summed E-state index contributed by atoms with van der Waals surface area (Å²) in [6, 6.07) is 0. The molecule has 30 heavy (non-hydrogen) atoms. The minimum atomic E-state index is 0.412. The van der Waals surface area contributed by atoms with Gasteiger partial charge in [-0.2, -0.15) is 0 Å². The SMILES string of the molecule is CCCCCCCCCCCCCCCCC[CH2][Hg].Nc1[nH]c2nc[nH]c2c(=S)[nH+]1. The first kappa shape index (κ1) is 27.5. The Hall–Kier alpha value is -0.495. The summed E-state index contributed by atoms with van der Waals surface area (Å²) in [7, 11) is 0. The van der Waals surface area contributed by atoms with E-state index in [9.17, 15) is 0 Å². The van der Waals surface area contributed by atoms with Crippen molar-refractivity contribution < 1.29 is 31.1 Å². The van der Waals surface area contributed by atoms with Crippen molar-refractivity contribution in [3.8, 4) is 0 Å². The second kappa shape index (κ2) is 19.2. The zero-order valence-corrected chi connectivity index (χ0v) is 25.6. The standard InChI is InChI=1S/C18H37.C5H5N5S.Hg/c1-3-5-7-9-11-13-15-17-18-16-14-12-10-8-6-4-2;6-5-9-3-2(4(11)10-5)7-1-8-3;/h1,3-18H2,2H3;1H,(H4,6,7,8,9,10,11);/p+1. The number of hydrogen-bond donors (Lipinski definition) is 3. The molecular formula is C23H43HgN5S+. The maximum Gasteiger partial charge on any atom is 0.353 e. The van der Waals surface area contributed by atoms with Gasteiger partial charge in [0.25, 0.3) is 0 Å². The summed E-state index contributed by atoms with van der Waals surface area (Å²) in [6.45, 7) is 2.30. The summed E-state index contributed by atoms with van der Waals surface area (Å²) in [4.78, 5) is 12.4. The first-order valence-corrected chi connectivity index (χ1v) is 16.5. The molecule has 7 heteroatoms. The largest absolute Gasteiger partial charge is 0.353 e. The molecular weight excluding hydrogens is 579 g/mol. The van der Waals surface area contributed by atoms with Crippen LogP contribution in [0.4, 0.5) is 5.95 Å². The van der Waals surface area contributed by atoms with Gasteiger partial charge >= 0.3 is 107 Å². The second-order valence-electron chi connectivity index (χ2n) is 8.28. The Bertz CT molecular complexity index is 684. The predicted molar refractivity (Wildman–Crippen MR) is 127 cm³/mol. The molecule has 0 aliphatic rings. The molecule has 0 amide bonds. The van der Waals surface area contributed by atoms with Gasteiger partial charge in [0.15, 0.2) is 4.64 Å². The molecule has 2 aromatic heterocycles. The predicted octanol–water partition coefficient (Wildman–Crippen LogP) is 7.23. The third kappa shape index (κ3) is 13.7. The van der Waals surface area contributed by atoms with Crippen molar-refractivity contribution in [2.45, 2.75) is 114 Å². The van der Waals surface area contributed by atoms with Crippen LogP contribution in [0.15, 0.2) is 6.33 Å². The molecule has 0 saturated carbocycles. The molecule has 0 unspecified atom stereocenters. The van der Waals surface area contributed by atoms with E-state index in [0.717, 1.165) is 31.6 Å². The number of rotatable bonds is 16. The molecule has 2 heterocycles. The van der Waals surface area contributed by atoms with E-state index in [1.54, 1.807) is 10.3 Å². The number of nitrogens with zero attached hydrogens (tertiary/aromatic N) is 1. The zero-order chi connectivity index (χ0) is 21.9. The van der Waals surface area contributed by atoms with Crippen molar-refractivity contribution in [2.24, 2.45) is 0 Å². The van der Waals surface area contributed by atoms with Gasteiger partial charge < -0.3 is 4.98 Å². The Morgan fingerprint density at radius 2 is 1.33 bits per heavy atom. The molecule has 0 fully saturated rings. The normalized spacial score (nSPS) is 10.9. The number of fused-ring (bicyclic) bond motifs is 1. The Morgan fingerprint density at radius 1 is 0.867 bits per heavy atom. The quantitative estimate of drug-likeness (QED) is 0.105. The van der Waals surface area contributed by atoms with Crippen molar-refractivity contribution in [3.05, 3.63) is 11.0 Å². The van der Waals surface area contributed by atoms with Crippen LogP contribution in [-0.2, 0) is 26.1 Å². The number of aromatic amines is 3. The Balaban J connectivity index is 0.000000340. The molecule has 5 N–H and O–H groups in total. The van der Waals surface area contributed by atoms with Crippen LogP contribution in [0, 0.1) is 4.64 Å². The Morgan fingerprint density at radius 3 is 1.80 bits per heavy atom. The Kier molecular flexibility index (Phi) is 17.6. The first-order chi connectivity index (χ1) is 14.7. The average Bonchev–Trinajstić information content (AvgIpc) is 3.20. The van der Waals surface area contributed by atoms with Crippen LogP contribution < -0.4 is 10.7 Å². The maximum atomic E-state index is 5.45. The molecule has 0 spiro atoms. The van der Waals surface area contributed by atoms with E-state index in [-0.39, 0.29) is 0 Å². The van der Waals surface area contributed by atoms with Crippen LogP contribution in [0.5, 0.6) is 0 Å². The van der Waals surface area contributed by atoms with Gasteiger partial charge in [0.1, 0.15) is 5.52 Å². The summed E-state index contributed by atoms with van der Waals surface area (Å²) in [5.41, 5.74) is 6.90. The maximum absolute atomic E-state index is 5.45. The topological polar surface area (TPSA) is 84.6 Å². The number of nitrogen functional groups attached to an aromatic ring is 1. The first-order valence-electron chi connectivity index (χ1n) is 12.2. The van der Waals surface area contributed by atoms with Gasteiger partial charge in [0, 0.05) is 0 Å². The molecule has 0 aliphatic heterocycles. The zero-order valence-electron chi connectivity index (χ0n) is 19.2. The smallest absolute Gasteiger partial charge is 0.338 e. The van der Waals surface area contributed by atoms with Crippen molar-refractivity contribution >= 4 is 29.3 Å². The van der Waals surface area contributed by atoms with Gasteiger partial charge in [-0.3, -0.25) is 5.73 Å². The van der Waals surface area contributed by atoms with Crippen LogP contribution in [0.1, 0.15) is 110 Å². The molecule has 0 bridgehead atoms. The fraction of sp³-hybridized carbons (Fsp3) is 0.783. The molecule has 0 atom stereocenters. The number of aromatic nitrogens is 4. The van der Waals surface area contributed by atoms with Gasteiger partial charge in [-0.25, -0.2) is 15.0 Å². The number of nitrogens with one attached hydrogen (secondary N) is 3. The van der Waals surface area contributed by atoms with Gasteiger partial charge in [-0.05, 0) is 12.2 Å². The summed E-state index contributed by atoms with van der Waals surface area (Å²) in [5.74, 6) is 0.412. The second-order valence-corrected chi connectivity index (χ2v) is 11.4. The molecule has 0 radical (unpaired) electrons. The number of imidazole rings is 1. The van der Waals surface area contributed by atoms with Gasteiger partial charge in [0.2, 0.25) is 5.65 Å². The molecule has 2 aromatic rings. The number of hydrogen-bond acceptors (Lipinski definition) is 3. The van der Waals surface area contributed by atoms with E-state index in [2.05, 4.69) is 26.9 Å². The van der Waals surface area contributed by atoms with Gasteiger partial charge in [-0.1, -0.05) is 39.0 Å². The average molecular weight is 622 g/mol. The monoisotopic (exact) mass is 623 g/mol. The van der Waals surface area contributed by atoms with Crippen LogP contribution in [0.3, 0.4) is 0 Å². The molecule has 0 aromatic carbocycles. The molecule has 0 aliphatic carbocycles. The molecule has 2 rings (SSSR count). The number of anilines is 1. The fourth-order valence-corrected chi connectivity index (χ4v) is 5.27. The van der Waals surface area contributed by atoms with Crippen molar-refractivity contribution in [1.82, 2.24) is 15.0 Å². The van der Waals surface area contributed by atoms with E-state index in [0.29, 0.717) is 16.2 Å². The summed E-state index contributed by atoms with van der Waals surface area (Å²) < 4.78 is 2.13. The van der Waals surface area contributed by atoms with E-state index < -0.39 is 0 Å². The van der Waals surface area contributed by atoms with Crippen molar-refractivity contribution in [2.75, 3.05) is 5.73 Å². The fourth-order valence-electron chi connectivity index (χ4n) is 3.63. The number of H-pyrrole nitrogens is 3. The minimum Gasteiger partial charge on any atom is -0.338 e. The molecule has 0 saturated heterocycles. The third-order valence-corrected chi connectivity index (χ3v) is 7.72. The summed E-state index contributed by atoms with van der Waals surface area (Å²) >= 11 is 6.02. The number of unbranched alkanes of at least 4 members (excludes halogenated alkanes) is 15. The van der Waals surface area contributed by atoms with E-state index in [4.69, 9.17) is 18.0 Å². The van der Waals surface area contributed by atoms with Crippen molar-refractivity contribution in [1.29, 1.82) is 0 Å². The number of nitrogens with two attached hydrogens (primary N) is 1. The van der Waals surface area contributed by atoms with Crippen LogP contribution in [0.2, 0.25) is 3.93 Å². The van der Waals surface area contributed by atoms with Crippen molar-refractivity contribution in [3.63, 3.8) is 0 Å². The van der Waals surface area contributed by atoms with E-state index in [1.165, 1.54) is 103 Å². The summed E-state index contributed by atoms with van der Waals surface area (Å²) in [5, 5.41) is 0. The summed E-state index contributed by atoms with van der Waals surface area (Å²) in [6.07, 6.45) is 25.4. The van der Waals surface area contributed by atoms with Crippen LogP contribution in [-0.4, -0.2) is 15.0 Å². The molecule has 5 nitrogen and oxygen atoms in total.